The SMILES string of the molecule is C/C=C/C(=O)C1=C(C)C(C)=CCC1(C)C. The largest absolute Gasteiger partial charge is 0.290 e. The molecule has 1 aliphatic carbocycles. The Kier molecular flexibility index (Phi) is 3.33. The van der Waals surface area contributed by atoms with Crippen LogP contribution in [0.2, 0.25) is 0 Å². The summed E-state index contributed by atoms with van der Waals surface area (Å²) in [5.41, 5.74) is 3.33. The monoisotopic (exact) mass is 204 g/mol. The van der Waals surface area contributed by atoms with Crippen molar-refractivity contribution < 1.29 is 4.79 Å². The van der Waals surface area contributed by atoms with Gasteiger partial charge in [-0.05, 0) is 44.3 Å². The van der Waals surface area contributed by atoms with Crippen molar-refractivity contribution >= 4 is 5.78 Å². The van der Waals surface area contributed by atoms with Gasteiger partial charge in [0.1, 0.15) is 0 Å². The molecular formula is C14H20O. The van der Waals surface area contributed by atoms with Crippen molar-refractivity contribution in [2.75, 3.05) is 0 Å². The van der Waals surface area contributed by atoms with Gasteiger partial charge in [0, 0.05) is 5.57 Å². The molecule has 0 N–H and O–H groups in total. The first-order chi connectivity index (χ1) is 6.90. The minimum Gasteiger partial charge on any atom is -0.290 e. The van der Waals surface area contributed by atoms with Gasteiger partial charge in [-0.15, -0.1) is 0 Å². The average molecular weight is 204 g/mol. The smallest absolute Gasteiger partial charge is 0.182 e. The predicted molar refractivity (Wildman–Crippen MR) is 64.7 cm³/mol. The van der Waals surface area contributed by atoms with Crippen LogP contribution < -0.4 is 0 Å². The van der Waals surface area contributed by atoms with Crippen molar-refractivity contribution in [1.82, 2.24) is 0 Å². The second kappa shape index (κ2) is 4.18. The lowest BCUT2D eigenvalue weighted by molar-refractivity contribution is -0.112. The van der Waals surface area contributed by atoms with Gasteiger partial charge in [-0.3, -0.25) is 4.79 Å². The van der Waals surface area contributed by atoms with Crippen LogP contribution in [0.15, 0.2) is 34.9 Å². The van der Waals surface area contributed by atoms with Crippen molar-refractivity contribution in [2.45, 2.75) is 41.0 Å². The molecule has 1 rings (SSSR count). The summed E-state index contributed by atoms with van der Waals surface area (Å²) in [5, 5.41) is 0. The number of rotatable bonds is 2. The van der Waals surface area contributed by atoms with Crippen molar-refractivity contribution in [3.63, 3.8) is 0 Å². The van der Waals surface area contributed by atoms with Crippen LogP contribution in [0.3, 0.4) is 0 Å². The number of ketones is 1. The number of hydrogen-bond donors (Lipinski definition) is 0. The molecular weight excluding hydrogens is 184 g/mol. The van der Waals surface area contributed by atoms with Crippen LogP contribution >= 0.6 is 0 Å². The van der Waals surface area contributed by atoms with E-state index in [1.807, 2.05) is 19.9 Å². The topological polar surface area (TPSA) is 17.1 Å². The van der Waals surface area contributed by atoms with E-state index in [0.29, 0.717) is 0 Å². The van der Waals surface area contributed by atoms with Crippen molar-refractivity contribution in [2.24, 2.45) is 5.41 Å². The summed E-state index contributed by atoms with van der Waals surface area (Å²) in [6.45, 7) is 10.3. The molecule has 0 aromatic rings. The van der Waals surface area contributed by atoms with Crippen LogP contribution in [0.5, 0.6) is 0 Å². The zero-order valence-corrected chi connectivity index (χ0v) is 10.3. The first-order valence-corrected chi connectivity index (χ1v) is 5.45. The first-order valence-electron chi connectivity index (χ1n) is 5.45. The van der Waals surface area contributed by atoms with Crippen LogP contribution in [-0.2, 0) is 4.79 Å². The van der Waals surface area contributed by atoms with Crippen molar-refractivity contribution in [3.05, 3.63) is 34.9 Å². The summed E-state index contributed by atoms with van der Waals surface area (Å²) in [5.74, 6) is 0.160. The van der Waals surface area contributed by atoms with Gasteiger partial charge in [0.2, 0.25) is 0 Å². The molecule has 1 nitrogen and oxygen atoms in total. The molecule has 0 atom stereocenters. The molecule has 0 aromatic carbocycles. The lowest BCUT2D eigenvalue weighted by Crippen LogP contribution is -2.24. The molecule has 0 aromatic heterocycles. The molecule has 0 bridgehead atoms. The number of carbonyl (C=O) groups is 1. The second-order valence-corrected chi connectivity index (χ2v) is 4.84. The number of allylic oxidation sites excluding steroid dienone is 6. The maximum absolute atomic E-state index is 12.0. The van der Waals surface area contributed by atoms with E-state index in [4.69, 9.17) is 0 Å². The molecule has 0 fully saturated rings. The first kappa shape index (κ1) is 12.0. The van der Waals surface area contributed by atoms with E-state index in [9.17, 15) is 4.79 Å². The molecule has 1 aliphatic rings. The van der Waals surface area contributed by atoms with E-state index in [2.05, 4.69) is 26.8 Å². The van der Waals surface area contributed by atoms with Gasteiger partial charge in [-0.25, -0.2) is 0 Å². The predicted octanol–water partition coefficient (Wildman–Crippen LogP) is 3.82. The quantitative estimate of drug-likeness (QED) is 0.625. The van der Waals surface area contributed by atoms with E-state index >= 15 is 0 Å². The molecule has 0 aliphatic heterocycles. The summed E-state index contributed by atoms with van der Waals surface area (Å²) < 4.78 is 0. The molecule has 0 saturated carbocycles. The van der Waals surface area contributed by atoms with Gasteiger partial charge in [0.25, 0.3) is 0 Å². The van der Waals surface area contributed by atoms with Crippen LogP contribution in [-0.4, -0.2) is 5.78 Å². The molecule has 1 heteroatoms. The zero-order valence-electron chi connectivity index (χ0n) is 10.3. The Labute approximate surface area is 92.6 Å². The highest BCUT2D eigenvalue weighted by Gasteiger charge is 2.31. The van der Waals surface area contributed by atoms with Crippen LogP contribution in [0, 0.1) is 5.41 Å². The Morgan fingerprint density at radius 2 is 2.00 bits per heavy atom. The molecule has 0 saturated heterocycles. The molecule has 82 valence electrons. The van der Waals surface area contributed by atoms with Gasteiger partial charge >= 0.3 is 0 Å². The van der Waals surface area contributed by atoms with Gasteiger partial charge in [-0.1, -0.05) is 31.6 Å². The third-order valence-corrected chi connectivity index (χ3v) is 3.13. The minimum atomic E-state index is -0.0276. The molecule has 0 amide bonds. The van der Waals surface area contributed by atoms with E-state index in [0.717, 1.165) is 17.6 Å². The van der Waals surface area contributed by atoms with Crippen LogP contribution in [0.25, 0.3) is 0 Å². The Morgan fingerprint density at radius 3 is 2.53 bits per heavy atom. The Bertz CT molecular complexity index is 365. The average Bonchev–Trinajstić information content (AvgIpc) is 2.12. The molecule has 15 heavy (non-hydrogen) atoms. The summed E-state index contributed by atoms with van der Waals surface area (Å²) in [7, 11) is 0. The fraction of sp³-hybridized carbons (Fsp3) is 0.500. The van der Waals surface area contributed by atoms with Crippen LogP contribution in [0.4, 0.5) is 0 Å². The summed E-state index contributed by atoms with van der Waals surface area (Å²) in [6, 6.07) is 0. The lowest BCUT2D eigenvalue weighted by atomic mass is 9.72. The molecule has 0 radical (unpaired) electrons. The van der Waals surface area contributed by atoms with Gasteiger partial charge in [-0.2, -0.15) is 0 Å². The zero-order chi connectivity index (χ0) is 11.6. The fourth-order valence-corrected chi connectivity index (χ4v) is 2.12. The lowest BCUT2D eigenvalue weighted by Gasteiger charge is -2.31. The second-order valence-electron chi connectivity index (χ2n) is 4.84. The minimum absolute atomic E-state index is 0.0276. The third-order valence-electron chi connectivity index (χ3n) is 3.13. The fourth-order valence-electron chi connectivity index (χ4n) is 2.12. The number of hydrogen-bond acceptors (Lipinski definition) is 1. The standard InChI is InChI=1S/C14H20O/c1-6-7-12(15)13-11(3)10(2)8-9-14(13,4)5/h6-8H,9H2,1-5H3/b7-6+. The van der Waals surface area contributed by atoms with Crippen LogP contribution in [0.1, 0.15) is 41.0 Å². The number of carbonyl (C=O) groups excluding carboxylic acids is 1. The summed E-state index contributed by atoms with van der Waals surface area (Å²) in [6.07, 6.45) is 6.65. The maximum Gasteiger partial charge on any atom is 0.182 e. The van der Waals surface area contributed by atoms with Gasteiger partial charge < -0.3 is 0 Å². The Hall–Kier alpha value is -1.11. The van der Waals surface area contributed by atoms with Gasteiger partial charge in [0.05, 0.1) is 0 Å². The van der Waals surface area contributed by atoms with Gasteiger partial charge in [0.15, 0.2) is 5.78 Å². The maximum atomic E-state index is 12.0. The van der Waals surface area contributed by atoms with E-state index in [1.54, 1.807) is 6.08 Å². The summed E-state index contributed by atoms with van der Waals surface area (Å²) in [4.78, 5) is 12.0. The highest BCUT2D eigenvalue weighted by molar-refractivity contribution is 6.06. The normalized spacial score (nSPS) is 20.7. The molecule has 0 spiro atoms. The Morgan fingerprint density at radius 1 is 1.40 bits per heavy atom. The van der Waals surface area contributed by atoms with E-state index < -0.39 is 0 Å². The third kappa shape index (κ3) is 2.28. The Balaban J connectivity index is 3.24. The highest BCUT2D eigenvalue weighted by atomic mass is 16.1. The highest BCUT2D eigenvalue weighted by Crippen LogP contribution is 2.39. The molecule has 0 heterocycles. The van der Waals surface area contributed by atoms with Crippen molar-refractivity contribution in [3.8, 4) is 0 Å². The van der Waals surface area contributed by atoms with E-state index in [1.165, 1.54) is 5.57 Å². The molecule has 0 unspecified atom stereocenters. The summed E-state index contributed by atoms with van der Waals surface area (Å²) >= 11 is 0. The van der Waals surface area contributed by atoms with E-state index in [-0.39, 0.29) is 11.2 Å². The van der Waals surface area contributed by atoms with Crippen molar-refractivity contribution in [1.29, 1.82) is 0 Å².